The van der Waals surface area contributed by atoms with Gasteiger partial charge < -0.3 is 9.84 Å². The van der Waals surface area contributed by atoms with Crippen LogP contribution in [0.4, 0.5) is 4.79 Å². The Morgan fingerprint density at radius 3 is 2.59 bits per heavy atom. The Bertz CT molecular complexity index is 920. The molecule has 138 valence electrons. The van der Waals surface area contributed by atoms with Crippen molar-refractivity contribution in [3.63, 3.8) is 0 Å². The summed E-state index contributed by atoms with van der Waals surface area (Å²) >= 11 is 0.983. The molecule has 2 N–H and O–H groups in total. The predicted octanol–water partition coefficient (Wildman–Crippen LogP) is 3.19. The second-order valence-electron chi connectivity index (χ2n) is 5.91. The Morgan fingerprint density at radius 1 is 1.22 bits per heavy atom. The van der Waals surface area contributed by atoms with Crippen molar-refractivity contribution in [3.8, 4) is 11.5 Å². The number of benzene rings is 2. The number of allylic oxidation sites excluding steroid dienone is 1. The van der Waals surface area contributed by atoms with Crippen LogP contribution in [0.1, 0.15) is 21.5 Å². The number of rotatable bonds is 6. The van der Waals surface area contributed by atoms with E-state index in [1.54, 1.807) is 42.5 Å². The van der Waals surface area contributed by atoms with Gasteiger partial charge in [-0.2, -0.15) is 0 Å². The van der Waals surface area contributed by atoms with Crippen molar-refractivity contribution >= 4 is 34.8 Å². The van der Waals surface area contributed by atoms with Crippen LogP contribution in [0.15, 0.2) is 48.5 Å². The Morgan fingerprint density at radius 2 is 1.96 bits per heavy atom. The van der Waals surface area contributed by atoms with E-state index in [1.165, 1.54) is 19.3 Å². The van der Waals surface area contributed by atoms with Gasteiger partial charge in [0.1, 0.15) is 0 Å². The number of carbonyl (C=O) groups excluding carboxylic acids is 3. The zero-order chi connectivity index (χ0) is 19.4. The molecule has 0 spiro atoms. The van der Waals surface area contributed by atoms with Crippen molar-refractivity contribution in [2.45, 2.75) is 11.7 Å². The fraction of sp³-hybridized carbons (Fsp3) is 0.150. The summed E-state index contributed by atoms with van der Waals surface area (Å²) in [6.45, 7) is 0. The molecule has 0 aliphatic carbocycles. The molecule has 7 heteroatoms. The maximum Gasteiger partial charge on any atom is 0.286 e. The lowest BCUT2D eigenvalue weighted by molar-refractivity contribution is -0.118. The van der Waals surface area contributed by atoms with Gasteiger partial charge in [0.25, 0.3) is 5.24 Å². The number of ketones is 1. The molecule has 1 saturated heterocycles. The molecule has 1 unspecified atom stereocenters. The van der Waals surface area contributed by atoms with Gasteiger partial charge in [0.15, 0.2) is 17.3 Å². The first kappa shape index (κ1) is 18.7. The van der Waals surface area contributed by atoms with Crippen LogP contribution in [-0.4, -0.2) is 34.4 Å². The van der Waals surface area contributed by atoms with Gasteiger partial charge in [0, 0.05) is 5.56 Å². The summed E-state index contributed by atoms with van der Waals surface area (Å²) in [5.74, 6) is -0.0807. The summed E-state index contributed by atoms with van der Waals surface area (Å²) in [6, 6.07) is 11.8. The highest BCUT2D eigenvalue weighted by Gasteiger charge is 2.31. The molecule has 6 nitrogen and oxygen atoms in total. The van der Waals surface area contributed by atoms with E-state index in [4.69, 9.17) is 4.74 Å². The quantitative estimate of drug-likeness (QED) is 0.588. The molecule has 0 saturated carbocycles. The predicted molar refractivity (Wildman–Crippen MR) is 103 cm³/mol. The number of aromatic hydroxyl groups is 1. The minimum absolute atomic E-state index is 0.0346. The normalized spacial score (nSPS) is 16.6. The summed E-state index contributed by atoms with van der Waals surface area (Å²) in [4.78, 5) is 35.1. The first-order valence-corrected chi connectivity index (χ1v) is 9.04. The number of hydrogen-bond acceptors (Lipinski definition) is 6. The molecule has 2 aromatic carbocycles. The van der Waals surface area contributed by atoms with Crippen molar-refractivity contribution in [1.82, 2.24) is 5.32 Å². The van der Waals surface area contributed by atoms with Crippen molar-refractivity contribution in [2.75, 3.05) is 7.11 Å². The molecule has 1 heterocycles. The molecule has 1 atom stereocenters. The van der Waals surface area contributed by atoms with Gasteiger partial charge in [-0.05, 0) is 35.8 Å². The number of ether oxygens (including phenoxy) is 1. The zero-order valence-electron chi connectivity index (χ0n) is 14.5. The zero-order valence-corrected chi connectivity index (χ0v) is 15.3. The smallest absolute Gasteiger partial charge is 0.286 e. The third-order valence-electron chi connectivity index (χ3n) is 4.06. The number of phenols is 1. The molecular formula is C20H17NO5S. The van der Waals surface area contributed by atoms with Crippen LogP contribution in [0.25, 0.3) is 6.08 Å². The van der Waals surface area contributed by atoms with Crippen LogP contribution < -0.4 is 10.1 Å². The Labute approximate surface area is 160 Å². The molecule has 1 aliphatic heterocycles. The van der Waals surface area contributed by atoms with E-state index in [-0.39, 0.29) is 22.7 Å². The van der Waals surface area contributed by atoms with Crippen LogP contribution in [0.5, 0.6) is 11.5 Å². The summed E-state index contributed by atoms with van der Waals surface area (Å²) in [5, 5.41) is 11.1. The Kier molecular flexibility index (Phi) is 5.61. The lowest BCUT2D eigenvalue weighted by Gasteiger charge is -2.06. The standard InChI is InChI=1S/C20H17NO5S/c1-26-17-10-12(5-9-16(17)23)4-8-15(22)14-6-2-13(3-7-14)11-18-19(24)21-20(25)27-18/h2-10,18,23H,11H2,1H3,(H,21,24,25)/b8-4+. The van der Waals surface area contributed by atoms with Crippen molar-refractivity contribution in [1.29, 1.82) is 0 Å². The van der Waals surface area contributed by atoms with Crippen LogP contribution in [0, 0.1) is 0 Å². The summed E-state index contributed by atoms with van der Waals surface area (Å²) in [6.07, 6.45) is 3.52. The molecular weight excluding hydrogens is 366 g/mol. The summed E-state index contributed by atoms with van der Waals surface area (Å²) in [5.41, 5.74) is 2.12. The largest absolute Gasteiger partial charge is 0.504 e. The second-order valence-corrected chi connectivity index (χ2v) is 7.09. The number of methoxy groups -OCH3 is 1. The molecule has 0 bridgehead atoms. The molecule has 2 aromatic rings. The molecule has 2 amide bonds. The Balaban J connectivity index is 1.65. The fourth-order valence-electron chi connectivity index (χ4n) is 2.61. The number of amides is 2. The van der Waals surface area contributed by atoms with E-state index in [2.05, 4.69) is 5.32 Å². The maximum absolute atomic E-state index is 12.3. The monoisotopic (exact) mass is 383 g/mol. The molecule has 0 radical (unpaired) electrons. The first-order valence-electron chi connectivity index (χ1n) is 8.16. The van der Waals surface area contributed by atoms with Gasteiger partial charge >= 0.3 is 0 Å². The molecule has 0 aromatic heterocycles. The van der Waals surface area contributed by atoms with E-state index in [0.29, 0.717) is 17.7 Å². The van der Waals surface area contributed by atoms with Crippen molar-refractivity contribution in [3.05, 3.63) is 65.2 Å². The van der Waals surface area contributed by atoms with E-state index < -0.39 is 5.25 Å². The van der Waals surface area contributed by atoms with E-state index in [1.807, 2.05) is 0 Å². The number of hydrogen-bond donors (Lipinski definition) is 2. The molecule has 3 rings (SSSR count). The van der Waals surface area contributed by atoms with Crippen molar-refractivity contribution < 1.29 is 24.2 Å². The van der Waals surface area contributed by atoms with Crippen molar-refractivity contribution in [2.24, 2.45) is 0 Å². The summed E-state index contributed by atoms with van der Waals surface area (Å²) < 4.78 is 5.04. The fourth-order valence-corrected chi connectivity index (χ4v) is 3.47. The van der Waals surface area contributed by atoms with Gasteiger partial charge in [0.05, 0.1) is 12.4 Å². The van der Waals surface area contributed by atoms with Crippen LogP contribution in [0.3, 0.4) is 0 Å². The van der Waals surface area contributed by atoms with Crippen LogP contribution in [-0.2, 0) is 11.2 Å². The molecule has 27 heavy (non-hydrogen) atoms. The molecule has 1 aliphatic rings. The van der Waals surface area contributed by atoms with Gasteiger partial charge in [-0.1, -0.05) is 48.2 Å². The van der Waals surface area contributed by atoms with Crippen LogP contribution >= 0.6 is 11.8 Å². The lowest BCUT2D eigenvalue weighted by atomic mass is 10.0. The Hall–Kier alpha value is -3.06. The molecule has 1 fully saturated rings. The van der Waals surface area contributed by atoms with Crippen LogP contribution in [0.2, 0.25) is 0 Å². The average Bonchev–Trinajstić information content (AvgIpc) is 2.98. The minimum Gasteiger partial charge on any atom is -0.504 e. The van der Waals surface area contributed by atoms with E-state index >= 15 is 0 Å². The third-order valence-corrected chi connectivity index (χ3v) is 5.04. The highest BCUT2D eigenvalue weighted by atomic mass is 32.2. The minimum atomic E-state index is -0.427. The number of carbonyl (C=O) groups is 3. The van der Waals surface area contributed by atoms with Gasteiger partial charge in [-0.15, -0.1) is 0 Å². The highest BCUT2D eigenvalue weighted by molar-refractivity contribution is 8.15. The summed E-state index contributed by atoms with van der Waals surface area (Å²) in [7, 11) is 1.46. The SMILES string of the molecule is COc1cc(/C=C/C(=O)c2ccc(CC3SC(=O)NC3=O)cc2)ccc1O. The number of thioether (sulfide) groups is 1. The second kappa shape index (κ2) is 8.09. The topological polar surface area (TPSA) is 92.7 Å². The lowest BCUT2D eigenvalue weighted by Crippen LogP contribution is -2.25. The average molecular weight is 383 g/mol. The first-order chi connectivity index (χ1) is 13.0. The van der Waals surface area contributed by atoms with E-state index in [9.17, 15) is 19.5 Å². The highest BCUT2D eigenvalue weighted by Crippen LogP contribution is 2.27. The number of imide groups is 1. The van der Waals surface area contributed by atoms with Gasteiger partial charge in [-0.3, -0.25) is 19.7 Å². The third kappa shape index (κ3) is 4.57. The van der Waals surface area contributed by atoms with Gasteiger partial charge in [-0.25, -0.2) is 0 Å². The van der Waals surface area contributed by atoms with Gasteiger partial charge in [0.2, 0.25) is 5.91 Å². The number of phenolic OH excluding ortho intramolecular Hbond substituents is 1. The number of nitrogens with one attached hydrogen (secondary N) is 1. The van der Waals surface area contributed by atoms with E-state index in [0.717, 1.165) is 22.9 Å². The maximum atomic E-state index is 12.3.